The molecule has 2 aromatic rings. The summed E-state index contributed by atoms with van der Waals surface area (Å²) in [5.41, 5.74) is 1.20. The topological polar surface area (TPSA) is 113 Å². The number of piperazine rings is 1. The Kier molecular flexibility index (Phi) is 6.86. The lowest BCUT2D eigenvalue weighted by Gasteiger charge is -2.35. The lowest BCUT2D eigenvalue weighted by molar-refractivity contribution is -0.385. The van der Waals surface area contributed by atoms with E-state index in [1.165, 1.54) is 34.6 Å². The average molecular weight is 450 g/mol. The first-order valence-corrected chi connectivity index (χ1v) is 11.3. The molecule has 1 N–H and O–H groups in total. The van der Waals surface area contributed by atoms with Crippen LogP contribution in [0.2, 0.25) is 0 Å². The van der Waals surface area contributed by atoms with E-state index < -0.39 is 20.9 Å². The molecular formula is C20H23FN4O5S. The molecular weight excluding hydrogens is 427 g/mol. The summed E-state index contributed by atoms with van der Waals surface area (Å²) < 4.78 is 39.6. The fourth-order valence-corrected chi connectivity index (χ4v) is 4.69. The standard InChI is InChI=1S/C20H23FN4O5S/c1-15-2-3-16(14-19(15)25(27)28)20(26)22-8-13-31(29,30)24-11-9-23(10-12-24)18-6-4-17(21)5-7-18/h2-7,14H,8-13H2,1H3,(H,22,26). The average Bonchev–Trinajstić information content (AvgIpc) is 2.74. The molecule has 0 spiro atoms. The van der Waals surface area contributed by atoms with Gasteiger partial charge in [-0.1, -0.05) is 6.07 Å². The molecule has 0 aromatic heterocycles. The fraction of sp³-hybridized carbons (Fsp3) is 0.350. The van der Waals surface area contributed by atoms with Gasteiger partial charge in [-0.3, -0.25) is 14.9 Å². The zero-order valence-corrected chi connectivity index (χ0v) is 17.8. The maximum absolute atomic E-state index is 13.1. The molecule has 1 aliphatic rings. The number of nitrogens with one attached hydrogen (secondary N) is 1. The molecule has 2 aromatic carbocycles. The second-order valence-electron chi connectivity index (χ2n) is 7.19. The van der Waals surface area contributed by atoms with Gasteiger partial charge in [0.25, 0.3) is 11.6 Å². The van der Waals surface area contributed by atoms with Crippen molar-refractivity contribution in [1.29, 1.82) is 0 Å². The van der Waals surface area contributed by atoms with Gasteiger partial charge in [-0.25, -0.2) is 12.8 Å². The number of nitro groups is 1. The minimum absolute atomic E-state index is 0.0996. The number of amides is 1. The Labute approximate surface area is 179 Å². The maximum Gasteiger partial charge on any atom is 0.273 e. The molecule has 31 heavy (non-hydrogen) atoms. The molecule has 0 radical (unpaired) electrons. The first kappa shape index (κ1) is 22.6. The third-order valence-electron chi connectivity index (χ3n) is 5.14. The summed E-state index contributed by atoms with van der Waals surface area (Å²) in [4.78, 5) is 24.7. The Bertz CT molecular complexity index is 1070. The lowest BCUT2D eigenvalue weighted by atomic mass is 10.1. The van der Waals surface area contributed by atoms with Crippen LogP contribution >= 0.6 is 0 Å². The number of sulfonamides is 1. The first-order valence-electron chi connectivity index (χ1n) is 9.69. The highest BCUT2D eigenvalue weighted by atomic mass is 32.2. The van der Waals surface area contributed by atoms with E-state index in [1.807, 2.05) is 4.90 Å². The third kappa shape index (κ3) is 5.56. The minimum Gasteiger partial charge on any atom is -0.369 e. The highest BCUT2D eigenvalue weighted by Gasteiger charge is 2.27. The first-order chi connectivity index (χ1) is 14.7. The number of nitrogens with zero attached hydrogens (tertiary/aromatic N) is 3. The summed E-state index contributed by atoms with van der Waals surface area (Å²) in [7, 11) is -3.58. The molecule has 1 fully saturated rings. The van der Waals surface area contributed by atoms with Gasteiger partial charge >= 0.3 is 0 Å². The van der Waals surface area contributed by atoms with E-state index in [2.05, 4.69) is 5.32 Å². The molecule has 0 unspecified atom stereocenters. The smallest absolute Gasteiger partial charge is 0.273 e. The summed E-state index contributed by atoms with van der Waals surface area (Å²) in [6, 6.07) is 10.2. The molecule has 1 amide bonds. The van der Waals surface area contributed by atoms with E-state index in [0.29, 0.717) is 18.7 Å². The Balaban J connectivity index is 1.51. The van der Waals surface area contributed by atoms with Crippen LogP contribution in [0.15, 0.2) is 42.5 Å². The molecule has 11 heteroatoms. The number of carbonyl (C=O) groups is 1. The zero-order valence-electron chi connectivity index (χ0n) is 17.0. The SMILES string of the molecule is Cc1ccc(C(=O)NCCS(=O)(=O)N2CCN(c3ccc(F)cc3)CC2)cc1[N+](=O)[O-]. The van der Waals surface area contributed by atoms with Gasteiger partial charge in [0.2, 0.25) is 10.0 Å². The van der Waals surface area contributed by atoms with Crippen molar-refractivity contribution in [3.05, 3.63) is 69.5 Å². The van der Waals surface area contributed by atoms with Crippen molar-refractivity contribution in [2.45, 2.75) is 6.92 Å². The monoisotopic (exact) mass is 450 g/mol. The molecule has 3 rings (SSSR count). The number of halogens is 1. The van der Waals surface area contributed by atoms with Gasteiger partial charge in [0.15, 0.2) is 0 Å². The highest BCUT2D eigenvalue weighted by Crippen LogP contribution is 2.20. The van der Waals surface area contributed by atoms with Crippen LogP contribution in [0.1, 0.15) is 15.9 Å². The Morgan fingerprint density at radius 3 is 2.39 bits per heavy atom. The van der Waals surface area contributed by atoms with E-state index in [0.717, 1.165) is 5.69 Å². The minimum atomic E-state index is -3.58. The number of benzene rings is 2. The van der Waals surface area contributed by atoms with Crippen molar-refractivity contribution in [1.82, 2.24) is 9.62 Å². The summed E-state index contributed by atoms with van der Waals surface area (Å²) in [6.45, 7) is 2.99. The van der Waals surface area contributed by atoms with E-state index in [9.17, 15) is 27.7 Å². The number of hydrogen-bond acceptors (Lipinski definition) is 6. The quantitative estimate of drug-likeness (QED) is 0.509. The molecule has 166 valence electrons. The van der Waals surface area contributed by atoms with Crippen molar-refractivity contribution in [3.8, 4) is 0 Å². The van der Waals surface area contributed by atoms with Crippen LogP contribution < -0.4 is 10.2 Å². The molecule has 1 heterocycles. The van der Waals surface area contributed by atoms with Gasteiger partial charge in [0.05, 0.1) is 10.7 Å². The Morgan fingerprint density at radius 1 is 1.13 bits per heavy atom. The summed E-state index contributed by atoms with van der Waals surface area (Å²) in [5, 5.41) is 13.5. The second-order valence-corrected chi connectivity index (χ2v) is 9.28. The van der Waals surface area contributed by atoms with Gasteiger partial charge < -0.3 is 10.2 Å². The molecule has 1 saturated heterocycles. The molecule has 9 nitrogen and oxygen atoms in total. The van der Waals surface area contributed by atoms with Crippen molar-refractivity contribution < 1.29 is 22.5 Å². The van der Waals surface area contributed by atoms with Gasteiger partial charge in [-0.2, -0.15) is 4.31 Å². The van der Waals surface area contributed by atoms with Crippen LogP contribution in [0.25, 0.3) is 0 Å². The van der Waals surface area contributed by atoms with Crippen molar-refractivity contribution >= 4 is 27.3 Å². The second kappa shape index (κ2) is 9.40. The van der Waals surface area contributed by atoms with Crippen molar-refractivity contribution in [2.24, 2.45) is 0 Å². The van der Waals surface area contributed by atoms with Crippen LogP contribution in [-0.4, -0.2) is 62.0 Å². The third-order valence-corrected chi connectivity index (χ3v) is 7.01. The molecule has 0 bridgehead atoms. The summed E-state index contributed by atoms with van der Waals surface area (Å²) in [5.74, 6) is -1.17. The van der Waals surface area contributed by atoms with Crippen LogP contribution in [-0.2, 0) is 10.0 Å². The van der Waals surface area contributed by atoms with Crippen molar-refractivity contribution in [2.75, 3.05) is 43.4 Å². The number of rotatable bonds is 7. The predicted octanol–water partition coefficient (Wildman–Crippen LogP) is 1.92. The summed E-state index contributed by atoms with van der Waals surface area (Å²) >= 11 is 0. The largest absolute Gasteiger partial charge is 0.369 e. The van der Waals surface area contributed by atoms with Crippen LogP contribution in [0.5, 0.6) is 0 Å². The van der Waals surface area contributed by atoms with Crippen LogP contribution in [0.4, 0.5) is 15.8 Å². The molecule has 0 aliphatic carbocycles. The number of hydrogen-bond donors (Lipinski definition) is 1. The Hall–Kier alpha value is -3.05. The number of nitro benzene ring substituents is 1. The van der Waals surface area contributed by atoms with Gasteiger partial charge in [0, 0.05) is 55.6 Å². The van der Waals surface area contributed by atoms with E-state index >= 15 is 0 Å². The molecule has 0 saturated carbocycles. The predicted molar refractivity (Wildman–Crippen MR) is 114 cm³/mol. The lowest BCUT2D eigenvalue weighted by Crippen LogP contribution is -2.50. The molecule has 1 aliphatic heterocycles. The van der Waals surface area contributed by atoms with E-state index in [-0.39, 0.29) is 42.5 Å². The van der Waals surface area contributed by atoms with Crippen LogP contribution in [0, 0.1) is 22.9 Å². The van der Waals surface area contributed by atoms with Crippen LogP contribution in [0.3, 0.4) is 0 Å². The number of anilines is 1. The fourth-order valence-electron chi connectivity index (χ4n) is 3.35. The highest BCUT2D eigenvalue weighted by molar-refractivity contribution is 7.89. The van der Waals surface area contributed by atoms with Gasteiger partial charge in [0.1, 0.15) is 5.82 Å². The van der Waals surface area contributed by atoms with E-state index in [4.69, 9.17) is 0 Å². The maximum atomic E-state index is 13.1. The van der Waals surface area contributed by atoms with E-state index in [1.54, 1.807) is 19.1 Å². The molecule has 0 atom stereocenters. The Morgan fingerprint density at radius 2 is 1.77 bits per heavy atom. The summed E-state index contributed by atoms with van der Waals surface area (Å²) in [6.07, 6.45) is 0. The van der Waals surface area contributed by atoms with Gasteiger partial charge in [-0.15, -0.1) is 0 Å². The van der Waals surface area contributed by atoms with Gasteiger partial charge in [-0.05, 0) is 37.3 Å². The number of carbonyl (C=O) groups excluding carboxylic acids is 1. The number of aryl methyl sites for hydroxylation is 1. The zero-order chi connectivity index (χ0) is 22.6. The normalized spacial score (nSPS) is 15.0. The van der Waals surface area contributed by atoms with Crippen molar-refractivity contribution in [3.63, 3.8) is 0 Å².